The molecule has 0 fully saturated rings. The van der Waals surface area contributed by atoms with Gasteiger partial charge in [0.1, 0.15) is 5.82 Å². The summed E-state index contributed by atoms with van der Waals surface area (Å²) in [7, 11) is 3.20. The van der Waals surface area contributed by atoms with Crippen LogP contribution in [0.5, 0.6) is 11.5 Å². The maximum atomic E-state index is 12.6. The minimum absolute atomic E-state index is 0.0874. The molecule has 0 bridgehead atoms. The van der Waals surface area contributed by atoms with Gasteiger partial charge in [0.25, 0.3) is 0 Å². The first-order valence-corrected chi connectivity index (χ1v) is 9.28. The normalized spacial score (nSPS) is 15.7. The van der Waals surface area contributed by atoms with Gasteiger partial charge in [0.05, 0.1) is 30.6 Å². The number of ether oxygens (including phenoxy) is 2. The zero-order valence-corrected chi connectivity index (χ0v) is 16.6. The summed E-state index contributed by atoms with van der Waals surface area (Å²) in [6.45, 7) is 1.93. The lowest BCUT2D eigenvalue weighted by atomic mass is 9.85. The van der Waals surface area contributed by atoms with Crippen molar-refractivity contribution in [3.8, 4) is 17.2 Å². The molecule has 144 valence electrons. The van der Waals surface area contributed by atoms with E-state index < -0.39 is 0 Å². The Balaban J connectivity index is 1.93. The number of hydrogen-bond acceptors (Lipinski definition) is 4. The third-order valence-electron chi connectivity index (χ3n) is 4.99. The molecule has 2 aromatic carbocycles. The third-order valence-corrected chi connectivity index (χ3v) is 5.31. The summed E-state index contributed by atoms with van der Waals surface area (Å²) < 4.78 is 12.8. The van der Waals surface area contributed by atoms with Crippen molar-refractivity contribution in [2.75, 3.05) is 19.5 Å². The Bertz CT molecular complexity index is 1060. The number of hydrogen-bond donors (Lipinski definition) is 1. The standard InChI is InChI=1S/C21H20ClN3O3/c1-12-19-14(13-7-6-10-17(27-2)20(13)28-3)11-18(26)23-21(19)25(24-12)16-9-5-4-8-15(16)22/h4-10,14H,11H2,1-3H3,(H,23,26). The van der Waals surface area contributed by atoms with Gasteiger partial charge in [-0.1, -0.05) is 35.9 Å². The van der Waals surface area contributed by atoms with Gasteiger partial charge >= 0.3 is 0 Å². The van der Waals surface area contributed by atoms with E-state index in [0.717, 1.165) is 16.8 Å². The number of nitrogens with zero attached hydrogens (tertiary/aromatic N) is 2. The van der Waals surface area contributed by atoms with Gasteiger partial charge in [-0.2, -0.15) is 5.10 Å². The molecule has 0 saturated heterocycles. The third kappa shape index (κ3) is 2.90. The van der Waals surface area contributed by atoms with Crippen LogP contribution in [0.15, 0.2) is 42.5 Å². The Morgan fingerprint density at radius 2 is 1.93 bits per heavy atom. The van der Waals surface area contributed by atoms with E-state index in [1.165, 1.54) is 0 Å². The molecule has 0 radical (unpaired) electrons. The number of carbonyl (C=O) groups excluding carboxylic acids is 1. The van der Waals surface area contributed by atoms with Crippen LogP contribution in [0.4, 0.5) is 5.82 Å². The minimum Gasteiger partial charge on any atom is -0.493 e. The molecule has 1 amide bonds. The van der Waals surface area contributed by atoms with Crippen molar-refractivity contribution in [3.63, 3.8) is 0 Å². The Morgan fingerprint density at radius 1 is 1.14 bits per heavy atom. The molecule has 1 aliphatic heterocycles. The van der Waals surface area contributed by atoms with Crippen LogP contribution in [0.2, 0.25) is 5.02 Å². The van der Waals surface area contributed by atoms with Gasteiger partial charge < -0.3 is 14.8 Å². The van der Waals surface area contributed by atoms with E-state index in [9.17, 15) is 4.79 Å². The van der Waals surface area contributed by atoms with Crippen LogP contribution in [0.25, 0.3) is 5.69 Å². The number of nitrogens with one attached hydrogen (secondary N) is 1. The summed E-state index contributed by atoms with van der Waals surface area (Å²) in [6.07, 6.45) is 0.297. The highest BCUT2D eigenvalue weighted by molar-refractivity contribution is 6.32. The predicted molar refractivity (Wildman–Crippen MR) is 108 cm³/mol. The molecule has 1 unspecified atom stereocenters. The molecule has 1 aliphatic rings. The molecular weight excluding hydrogens is 378 g/mol. The van der Waals surface area contributed by atoms with E-state index in [0.29, 0.717) is 34.4 Å². The van der Waals surface area contributed by atoms with Crippen LogP contribution in [0.3, 0.4) is 0 Å². The number of carbonyl (C=O) groups is 1. The average molecular weight is 398 g/mol. The van der Waals surface area contributed by atoms with Gasteiger partial charge in [0, 0.05) is 23.5 Å². The van der Waals surface area contributed by atoms with E-state index in [1.807, 2.05) is 43.3 Å². The average Bonchev–Trinajstić information content (AvgIpc) is 3.03. The molecule has 1 aromatic heterocycles. The molecule has 0 aliphatic carbocycles. The summed E-state index contributed by atoms with van der Waals surface area (Å²) in [6, 6.07) is 13.1. The van der Waals surface area contributed by atoms with Crippen molar-refractivity contribution in [1.82, 2.24) is 9.78 Å². The number of para-hydroxylation sites is 2. The van der Waals surface area contributed by atoms with Gasteiger partial charge in [0.2, 0.25) is 5.91 Å². The molecule has 0 spiro atoms. The largest absolute Gasteiger partial charge is 0.493 e. The number of aromatic nitrogens is 2. The van der Waals surface area contributed by atoms with Crippen molar-refractivity contribution in [3.05, 3.63) is 64.3 Å². The second kappa shape index (κ2) is 7.20. The maximum absolute atomic E-state index is 12.6. The Labute approximate surface area is 168 Å². The highest BCUT2D eigenvalue weighted by Gasteiger charge is 2.35. The first-order valence-electron chi connectivity index (χ1n) is 8.90. The van der Waals surface area contributed by atoms with Crippen molar-refractivity contribution in [2.45, 2.75) is 19.3 Å². The summed E-state index contributed by atoms with van der Waals surface area (Å²) in [5.41, 5.74) is 3.38. The fraction of sp³-hybridized carbons (Fsp3) is 0.238. The molecule has 7 heteroatoms. The molecule has 1 N–H and O–H groups in total. The SMILES string of the molecule is COc1cccc(C2CC(=O)Nc3c2c(C)nn3-c2ccccc2Cl)c1OC. The molecule has 4 rings (SSSR count). The quantitative estimate of drug-likeness (QED) is 0.711. The fourth-order valence-electron chi connectivity index (χ4n) is 3.80. The van der Waals surface area contributed by atoms with Crippen molar-refractivity contribution in [2.24, 2.45) is 0 Å². The van der Waals surface area contributed by atoms with Gasteiger partial charge in [-0.15, -0.1) is 0 Å². The molecule has 28 heavy (non-hydrogen) atoms. The lowest BCUT2D eigenvalue weighted by Gasteiger charge is -2.26. The summed E-state index contributed by atoms with van der Waals surface area (Å²) >= 11 is 6.38. The highest BCUT2D eigenvalue weighted by atomic mass is 35.5. The van der Waals surface area contributed by atoms with E-state index in [-0.39, 0.29) is 11.8 Å². The van der Waals surface area contributed by atoms with Crippen molar-refractivity contribution >= 4 is 23.3 Å². The summed E-state index contributed by atoms with van der Waals surface area (Å²) in [5.74, 6) is 1.60. The number of benzene rings is 2. The molecule has 3 aromatic rings. The molecule has 0 saturated carbocycles. The highest BCUT2D eigenvalue weighted by Crippen LogP contribution is 2.45. The van der Waals surface area contributed by atoms with Crippen LogP contribution < -0.4 is 14.8 Å². The molecule has 6 nitrogen and oxygen atoms in total. The zero-order valence-electron chi connectivity index (χ0n) is 15.8. The summed E-state index contributed by atoms with van der Waals surface area (Å²) in [5, 5.41) is 8.21. The lowest BCUT2D eigenvalue weighted by Crippen LogP contribution is -2.25. The van der Waals surface area contributed by atoms with Gasteiger partial charge in [-0.25, -0.2) is 4.68 Å². The van der Waals surface area contributed by atoms with Gasteiger partial charge in [-0.05, 0) is 25.1 Å². The topological polar surface area (TPSA) is 65.4 Å². The van der Waals surface area contributed by atoms with E-state index in [2.05, 4.69) is 10.4 Å². The Kier molecular flexibility index (Phi) is 4.73. The Hall–Kier alpha value is -2.99. The minimum atomic E-state index is -0.204. The molecular formula is C21H20ClN3O3. The van der Waals surface area contributed by atoms with E-state index in [4.69, 9.17) is 21.1 Å². The van der Waals surface area contributed by atoms with E-state index >= 15 is 0 Å². The van der Waals surface area contributed by atoms with Crippen LogP contribution >= 0.6 is 11.6 Å². The number of methoxy groups -OCH3 is 2. The van der Waals surface area contributed by atoms with Crippen LogP contribution in [-0.2, 0) is 4.79 Å². The monoisotopic (exact) mass is 397 g/mol. The number of fused-ring (bicyclic) bond motifs is 1. The number of amides is 1. The number of halogens is 1. The van der Waals surface area contributed by atoms with Gasteiger partial charge in [-0.3, -0.25) is 4.79 Å². The van der Waals surface area contributed by atoms with Crippen molar-refractivity contribution in [1.29, 1.82) is 0 Å². The first-order chi connectivity index (χ1) is 13.5. The van der Waals surface area contributed by atoms with Crippen LogP contribution in [0, 0.1) is 6.92 Å². The molecule has 2 heterocycles. The van der Waals surface area contributed by atoms with Crippen LogP contribution in [0.1, 0.15) is 29.2 Å². The molecule has 1 atom stereocenters. The smallest absolute Gasteiger partial charge is 0.226 e. The second-order valence-electron chi connectivity index (χ2n) is 6.60. The van der Waals surface area contributed by atoms with Gasteiger partial charge in [0.15, 0.2) is 11.5 Å². The van der Waals surface area contributed by atoms with Crippen molar-refractivity contribution < 1.29 is 14.3 Å². The fourth-order valence-corrected chi connectivity index (χ4v) is 4.01. The predicted octanol–water partition coefficient (Wildman–Crippen LogP) is 4.33. The number of anilines is 1. The van der Waals surface area contributed by atoms with Crippen LogP contribution in [-0.4, -0.2) is 29.9 Å². The maximum Gasteiger partial charge on any atom is 0.226 e. The van der Waals surface area contributed by atoms with E-state index in [1.54, 1.807) is 25.0 Å². The lowest BCUT2D eigenvalue weighted by molar-refractivity contribution is -0.116. The zero-order chi connectivity index (χ0) is 19.8. The second-order valence-corrected chi connectivity index (χ2v) is 7.01. The number of rotatable bonds is 4. The first kappa shape index (κ1) is 18.4. The Morgan fingerprint density at radius 3 is 2.64 bits per heavy atom. The summed E-state index contributed by atoms with van der Waals surface area (Å²) in [4.78, 5) is 12.6. The number of aryl methyl sites for hydroxylation is 1.